The second-order valence-corrected chi connectivity index (χ2v) is 20.1. The average Bonchev–Trinajstić information content (AvgIpc) is 3.53. The van der Waals surface area contributed by atoms with Crippen molar-refractivity contribution < 1.29 is 61.2 Å². The van der Waals surface area contributed by atoms with E-state index in [4.69, 9.17) is 40.4 Å². The molecule has 2 atom stereocenters. The van der Waals surface area contributed by atoms with Gasteiger partial charge in [-0.1, -0.05) is 160 Å². The van der Waals surface area contributed by atoms with Crippen LogP contribution in [0.5, 0.6) is 0 Å². The lowest BCUT2D eigenvalue weighted by atomic mass is 10.1. The largest absolute Gasteiger partial charge is 0.461 e. The van der Waals surface area contributed by atoms with Gasteiger partial charge in [-0.05, 0) is 79.7 Å². The topological polar surface area (TPSA) is 253 Å². The Morgan fingerprint density at radius 3 is 1.48 bits per heavy atom. The first-order valence-corrected chi connectivity index (χ1v) is 29.8. The van der Waals surface area contributed by atoms with Crippen LogP contribution in [0.25, 0.3) is 0 Å². The molecule has 5 rings (SSSR count). The number of rotatable bonds is 37. The fourth-order valence-electron chi connectivity index (χ4n) is 7.41. The zero-order chi connectivity index (χ0) is 60.1. The summed E-state index contributed by atoms with van der Waals surface area (Å²) in [6.45, 7) is 6.62. The fourth-order valence-corrected chi connectivity index (χ4v) is 8.23. The summed E-state index contributed by atoms with van der Waals surface area (Å²) in [5.74, 6) is -3.10. The van der Waals surface area contributed by atoms with Crippen molar-refractivity contribution in [1.29, 1.82) is 0 Å². The number of aromatic nitrogens is 1. The van der Waals surface area contributed by atoms with Crippen LogP contribution in [0.2, 0.25) is 5.02 Å². The van der Waals surface area contributed by atoms with E-state index in [0.717, 1.165) is 34.9 Å². The van der Waals surface area contributed by atoms with Crippen LogP contribution in [0, 0.1) is 5.95 Å². The number of nitrogens with zero attached hydrogens (tertiary/aromatic N) is 1. The number of carbonyl (C=O) groups excluding carboxylic acids is 7. The maximum Gasteiger partial charge on any atom is 0.328 e. The van der Waals surface area contributed by atoms with Gasteiger partial charge in [0.2, 0.25) is 23.7 Å². The molecular formula is C62H81ClFN6O12P. The molecule has 0 bridgehead atoms. The molecule has 0 fully saturated rings. The van der Waals surface area contributed by atoms with E-state index < -0.39 is 32.4 Å². The van der Waals surface area contributed by atoms with Gasteiger partial charge in [0, 0.05) is 57.9 Å². The van der Waals surface area contributed by atoms with E-state index in [1.165, 1.54) is 6.07 Å². The molecule has 0 aliphatic rings. The van der Waals surface area contributed by atoms with Gasteiger partial charge in [-0.15, -0.1) is 0 Å². The number of halogens is 2. The summed E-state index contributed by atoms with van der Waals surface area (Å²) in [5, 5.41) is 11.0. The molecule has 0 saturated carbocycles. The maximum atomic E-state index is 13.2. The minimum absolute atomic E-state index is 0.0186. The minimum Gasteiger partial charge on any atom is -0.461 e. The van der Waals surface area contributed by atoms with Crippen molar-refractivity contribution in [3.05, 3.63) is 172 Å². The van der Waals surface area contributed by atoms with E-state index in [9.17, 15) is 38.0 Å². The lowest BCUT2D eigenvalue weighted by Crippen LogP contribution is -2.42. The van der Waals surface area contributed by atoms with E-state index >= 15 is 0 Å². The molecule has 18 nitrogen and oxygen atoms in total. The second-order valence-electron chi connectivity index (χ2n) is 18.6. The summed E-state index contributed by atoms with van der Waals surface area (Å²) in [6.07, 6.45) is 7.91. The molecule has 0 aliphatic heterocycles. The number of esters is 3. The Kier molecular flexibility index (Phi) is 37.5. The molecule has 6 N–H and O–H groups in total. The first-order valence-electron chi connectivity index (χ1n) is 28.2. The van der Waals surface area contributed by atoms with Gasteiger partial charge in [0.25, 0.3) is 14.4 Å². The van der Waals surface area contributed by atoms with Gasteiger partial charge in [-0.3, -0.25) is 34.3 Å². The second kappa shape index (κ2) is 44.4. The highest BCUT2D eigenvalue weighted by atomic mass is 35.5. The van der Waals surface area contributed by atoms with E-state index in [-0.39, 0.29) is 92.2 Å². The molecule has 450 valence electrons. The lowest BCUT2D eigenvalue weighted by Gasteiger charge is -2.18. The zero-order valence-corrected chi connectivity index (χ0v) is 49.3. The molecule has 2 unspecified atom stereocenters. The van der Waals surface area contributed by atoms with Crippen molar-refractivity contribution in [2.75, 3.05) is 26.2 Å². The maximum absolute atomic E-state index is 13.2. The van der Waals surface area contributed by atoms with Crippen molar-refractivity contribution >= 4 is 61.7 Å². The van der Waals surface area contributed by atoms with Gasteiger partial charge in [-0.2, -0.15) is 4.39 Å². The van der Waals surface area contributed by atoms with Crippen molar-refractivity contribution in [3.8, 4) is 0 Å². The summed E-state index contributed by atoms with van der Waals surface area (Å²) in [4.78, 5) is 89.4. The van der Waals surface area contributed by atoms with Gasteiger partial charge in [0.05, 0.1) is 23.8 Å². The number of unbranched alkanes of at least 4 members (excludes halogenated alkanes) is 5. The highest BCUT2D eigenvalue weighted by Crippen LogP contribution is 2.30. The smallest absolute Gasteiger partial charge is 0.328 e. The van der Waals surface area contributed by atoms with E-state index in [0.29, 0.717) is 90.6 Å². The van der Waals surface area contributed by atoms with Crippen molar-refractivity contribution in [1.82, 2.24) is 26.3 Å². The molecule has 0 aliphatic carbocycles. The number of hydrogen-bond acceptors (Lipinski definition) is 14. The number of amides is 4. The third-order valence-corrected chi connectivity index (χ3v) is 13.0. The average molecular weight is 1190 g/mol. The Morgan fingerprint density at radius 2 is 0.976 bits per heavy atom. The van der Waals surface area contributed by atoms with E-state index in [1.54, 1.807) is 0 Å². The summed E-state index contributed by atoms with van der Waals surface area (Å²) in [7, 11) is -1.50. The van der Waals surface area contributed by atoms with Gasteiger partial charge in [0.15, 0.2) is 0 Å². The Hall–Kier alpha value is -7.15. The highest BCUT2D eigenvalue weighted by Gasteiger charge is 2.23. The monoisotopic (exact) mass is 1190 g/mol. The van der Waals surface area contributed by atoms with Gasteiger partial charge >= 0.3 is 17.9 Å². The number of carbonyl (C=O) groups is 7. The van der Waals surface area contributed by atoms with Crippen LogP contribution in [0.15, 0.2) is 134 Å². The van der Waals surface area contributed by atoms with Gasteiger partial charge in [0.1, 0.15) is 25.9 Å². The SMILES string of the molecule is CC.NP(OCCCCNC(=O)CCC(NC(=O)CCCCCNC(=O)CCCCCNC(=O)c1cnc(F)c(Cl)c1)C(=O)OCc1ccccc1)OCc1ccccc1.O=C(CCCC(=O)OCc1ccccc1)OCc1ccccc1. The van der Waals surface area contributed by atoms with Crippen LogP contribution in [0.4, 0.5) is 4.39 Å². The molecule has 4 amide bonds. The summed E-state index contributed by atoms with van der Waals surface area (Å²) in [5.41, 5.74) is 9.79. The third kappa shape index (κ3) is 34.2. The molecule has 83 heavy (non-hydrogen) atoms. The Labute approximate surface area is 493 Å². The Morgan fingerprint density at radius 1 is 0.530 bits per heavy atom. The van der Waals surface area contributed by atoms with Crippen LogP contribution in [0.1, 0.15) is 143 Å². The van der Waals surface area contributed by atoms with Crippen molar-refractivity contribution in [2.45, 2.75) is 143 Å². The minimum atomic E-state index is -1.50. The van der Waals surface area contributed by atoms with Crippen molar-refractivity contribution in [2.24, 2.45) is 5.50 Å². The predicted octanol–water partition coefficient (Wildman–Crippen LogP) is 10.8. The molecule has 0 saturated heterocycles. The number of ether oxygens (including phenoxy) is 3. The normalized spacial score (nSPS) is 11.2. The zero-order valence-electron chi connectivity index (χ0n) is 47.7. The van der Waals surface area contributed by atoms with Crippen LogP contribution >= 0.6 is 20.1 Å². The van der Waals surface area contributed by atoms with E-state index in [1.807, 2.05) is 135 Å². The quantitative estimate of drug-likeness (QED) is 0.00816. The molecule has 0 radical (unpaired) electrons. The summed E-state index contributed by atoms with van der Waals surface area (Å²) < 4.78 is 40.1. The first kappa shape index (κ1) is 70.1. The van der Waals surface area contributed by atoms with Crippen LogP contribution in [-0.4, -0.2) is 78.8 Å². The highest BCUT2D eigenvalue weighted by molar-refractivity contribution is 7.44. The van der Waals surface area contributed by atoms with Gasteiger partial charge < -0.3 is 44.5 Å². The molecule has 5 aromatic rings. The van der Waals surface area contributed by atoms with E-state index in [2.05, 4.69) is 26.3 Å². The number of nitrogens with one attached hydrogen (secondary N) is 4. The Bertz CT molecular complexity index is 2580. The van der Waals surface area contributed by atoms with Crippen molar-refractivity contribution in [3.63, 3.8) is 0 Å². The molecule has 1 heterocycles. The predicted molar refractivity (Wildman–Crippen MR) is 317 cm³/mol. The molecule has 1 aromatic heterocycles. The molecule has 4 aromatic carbocycles. The van der Waals surface area contributed by atoms with Crippen LogP contribution in [0.3, 0.4) is 0 Å². The summed E-state index contributed by atoms with van der Waals surface area (Å²) in [6, 6.07) is 38.1. The van der Waals surface area contributed by atoms with Gasteiger partial charge in [-0.25, -0.2) is 9.78 Å². The molecule has 0 spiro atoms. The molecule has 21 heteroatoms. The van der Waals surface area contributed by atoms with Crippen LogP contribution < -0.4 is 26.8 Å². The number of hydrogen-bond donors (Lipinski definition) is 5. The number of benzene rings is 4. The Balaban J connectivity index is 0.000000598. The number of nitrogens with two attached hydrogens (primary N) is 1. The number of pyridine rings is 1. The molecular weight excluding hydrogens is 1110 g/mol. The third-order valence-electron chi connectivity index (χ3n) is 11.9. The summed E-state index contributed by atoms with van der Waals surface area (Å²) >= 11 is 5.67. The lowest BCUT2D eigenvalue weighted by molar-refractivity contribution is -0.149. The fraction of sp³-hybridized carbons (Fsp3) is 0.419. The standard InChI is InChI=1S/C41H55ClFN6O8P.C19H20O4.C2H6/c42-34-27-33(28-48-39(34)43)40(53)47-25-12-3-9-19-36(50)45-23-11-4-10-20-38(52)49-35(41(54)55-29-31-15-5-1-6-16-31)21-22-37(51)46-24-13-14-26-56-58(44)57-30-32-17-7-2-8-18-32;20-18(22-14-16-8-3-1-4-9-16)12-7-13-19(21)23-15-17-10-5-2-6-11-17;1-2/h1-2,5-8,15-18,27-28,35H,3-4,9-14,19-26,29-30,44H2,(H,45,50)(H,46,51)(H,47,53)(H,49,52);1-6,8-11H,7,12-15H2;1-2H3. The first-order chi connectivity index (χ1) is 40.3. The van der Waals surface area contributed by atoms with Crippen LogP contribution in [-0.2, 0) is 78.5 Å².